The highest BCUT2D eigenvalue weighted by Crippen LogP contribution is 2.29. The molecule has 1 unspecified atom stereocenters. The number of hydrogen-bond donors (Lipinski definition) is 3. The highest BCUT2D eigenvalue weighted by molar-refractivity contribution is 7.89. The fraction of sp³-hybridized carbons (Fsp3) is 0.520. The highest BCUT2D eigenvalue weighted by atomic mass is 32.2. The maximum absolute atomic E-state index is 12.5. The molecule has 4 N–H and O–H groups in total. The molecular formula is C25H35N3O2S. The van der Waals surface area contributed by atoms with Crippen LogP contribution in [0.1, 0.15) is 43.2 Å². The smallest absolute Gasteiger partial charge is 0.242 e. The minimum absolute atomic E-state index is 0.179. The van der Waals surface area contributed by atoms with E-state index in [0.29, 0.717) is 24.1 Å². The summed E-state index contributed by atoms with van der Waals surface area (Å²) in [5.74, 6) is 1.85. The molecule has 4 rings (SSSR count). The van der Waals surface area contributed by atoms with Crippen molar-refractivity contribution in [2.24, 2.45) is 17.8 Å². The van der Waals surface area contributed by atoms with E-state index in [1.54, 1.807) is 24.3 Å². The summed E-state index contributed by atoms with van der Waals surface area (Å²) in [5, 5.41) is 3.73. The van der Waals surface area contributed by atoms with Crippen LogP contribution < -0.4 is 15.8 Å². The van der Waals surface area contributed by atoms with Crippen LogP contribution in [0.5, 0.6) is 0 Å². The molecule has 0 amide bonds. The van der Waals surface area contributed by atoms with Gasteiger partial charge in [0.15, 0.2) is 0 Å². The number of rotatable bonds is 8. The average Bonchev–Trinajstić information content (AvgIpc) is 2.79. The molecule has 2 aromatic carbocycles. The molecule has 0 saturated heterocycles. The normalized spacial score (nSPS) is 23.9. The van der Waals surface area contributed by atoms with Gasteiger partial charge in [-0.25, -0.2) is 13.1 Å². The van der Waals surface area contributed by atoms with E-state index in [-0.39, 0.29) is 4.90 Å². The van der Waals surface area contributed by atoms with Crippen molar-refractivity contribution in [1.82, 2.24) is 10.0 Å². The molecule has 1 fully saturated rings. The molecule has 0 bridgehead atoms. The largest absolute Gasteiger partial charge is 0.398 e. The van der Waals surface area contributed by atoms with Crippen molar-refractivity contribution < 1.29 is 8.42 Å². The highest BCUT2D eigenvalue weighted by Gasteiger charge is 2.24. The summed E-state index contributed by atoms with van der Waals surface area (Å²) in [6.45, 7) is 2.68. The number of para-hydroxylation sites is 1. The molecule has 0 aliphatic heterocycles. The van der Waals surface area contributed by atoms with Crippen LogP contribution in [-0.2, 0) is 22.9 Å². The van der Waals surface area contributed by atoms with Gasteiger partial charge in [-0.3, -0.25) is 0 Å². The zero-order valence-corrected chi connectivity index (χ0v) is 19.0. The van der Waals surface area contributed by atoms with Crippen molar-refractivity contribution in [2.45, 2.75) is 49.8 Å². The van der Waals surface area contributed by atoms with Crippen LogP contribution in [0.3, 0.4) is 0 Å². The molecular weight excluding hydrogens is 406 g/mol. The predicted molar refractivity (Wildman–Crippen MR) is 126 cm³/mol. The van der Waals surface area contributed by atoms with Crippen molar-refractivity contribution >= 4 is 15.7 Å². The van der Waals surface area contributed by atoms with Crippen LogP contribution in [0, 0.1) is 17.8 Å². The third-order valence-electron chi connectivity index (χ3n) is 7.05. The maximum Gasteiger partial charge on any atom is 0.242 e. The first-order valence-electron chi connectivity index (χ1n) is 11.6. The summed E-state index contributed by atoms with van der Waals surface area (Å²) in [6.07, 6.45) is 8.18. The second-order valence-corrected chi connectivity index (χ2v) is 11.0. The Bertz CT molecular complexity index is 968. The van der Waals surface area contributed by atoms with E-state index in [0.717, 1.165) is 31.8 Å². The fourth-order valence-corrected chi connectivity index (χ4v) is 6.36. The second kappa shape index (κ2) is 10.2. The first-order valence-corrected chi connectivity index (χ1v) is 13.1. The maximum atomic E-state index is 12.5. The summed E-state index contributed by atoms with van der Waals surface area (Å²) >= 11 is 0. The third kappa shape index (κ3) is 5.88. The lowest BCUT2D eigenvalue weighted by Crippen LogP contribution is -2.35. The minimum atomic E-state index is -3.54. The van der Waals surface area contributed by atoms with Crippen LogP contribution in [0.25, 0.3) is 0 Å². The first-order chi connectivity index (χ1) is 15.0. The molecule has 2 aliphatic carbocycles. The molecule has 0 radical (unpaired) electrons. The number of benzene rings is 2. The topological polar surface area (TPSA) is 84.2 Å². The Morgan fingerprint density at radius 1 is 0.774 bits per heavy atom. The van der Waals surface area contributed by atoms with Gasteiger partial charge in [0.2, 0.25) is 10.0 Å². The number of anilines is 1. The number of fused-ring (bicyclic) bond motifs is 1. The molecule has 1 saturated carbocycles. The van der Waals surface area contributed by atoms with E-state index in [1.165, 1.54) is 43.2 Å². The fourth-order valence-electron chi connectivity index (χ4n) is 5.11. The third-order valence-corrected chi connectivity index (χ3v) is 8.55. The van der Waals surface area contributed by atoms with Crippen LogP contribution >= 0.6 is 0 Å². The Kier molecular flexibility index (Phi) is 7.31. The lowest BCUT2D eigenvalue weighted by atomic mass is 9.81. The first kappa shape index (κ1) is 22.3. The van der Waals surface area contributed by atoms with Gasteiger partial charge >= 0.3 is 0 Å². The quantitative estimate of drug-likeness (QED) is 0.545. The Morgan fingerprint density at radius 2 is 1.39 bits per heavy atom. The van der Waals surface area contributed by atoms with E-state index >= 15 is 0 Å². The molecule has 2 aliphatic rings. The molecule has 31 heavy (non-hydrogen) atoms. The molecule has 2 aromatic rings. The summed E-state index contributed by atoms with van der Waals surface area (Å²) in [6, 6.07) is 15.5. The van der Waals surface area contributed by atoms with Gasteiger partial charge < -0.3 is 11.1 Å². The van der Waals surface area contributed by atoms with Gasteiger partial charge in [0.25, 0.3) is 0 Å². The number of nitrogens with two attached hydrogens (primary N) is 1. The molecule has 0 heterocycles. The van der Waals surface area contributed by atoms with E-state index in [4.69, 9.17) is 5.73 Å². The number of hydrogen-bond acceptors (Lipinski definition) is 4. The summed E-state index contributed by atoms with van der Waals surface area (Å²) in [4.78, 5) is 0.179. The Balaban J connectivity index is 1.15. The second-order valence-electron chi connectivity index (χ2n) is 9.31. The van der Waals surface area contributed by atoms with Crippen LogP contribution in [0.15, 0.2) is 53.4 Å². The van der Waals surface area contributed by atoms with Crippen LogP contribution in [0.4, 0.5) is 5.69 Å². The van der Waals surface area contributed by atoms with Crippen molar-refractivity contribution in [3.8, 4) is 0 Å². The van der Waals surface area contributed by atoms with Gasteiger partial charge in [-0.15, -0.1) is 0 Å². The number of sulfonamides is 1. The molecule has 6 heteroatoms. The molecule has 5 nitrogen and oxygen atoms in total. The standard InChI is InChI=1S/C25H35N3O2S/c26-24-7-3-4-8-25(24)31(29,30)28-18-20-11-9-19(10-12-20)16-27-17-21-13-14-22-5-1-2-6-23(22)15-21/h1-8,19-21,27-28H,9-18,26H2. The molecule has 1 atom stereocenters. The molecule has 0 aromatic heterocycles. The number of nitrogen functional groups attached to an aromatic ring is 1. The summed E-state index contributed by atoms with van der Waals surface area (Å²) in [5.41, 5.74) is 9.19. The Hall–Kier alpha value is -1.89. The summed E-state index contributed by atoms with van der Waals surface area (Å²) in [7, 11) is -3.54. The monoisotopic (exact) mass is 441 g/mol. The van der Waals surface area contributed by atoms with Crippen molar-refractivity contribution in [2.75, 3.05) is 25.4 Å². The van der Waals surface area contributed by atoms with E-state index in [2.05, 4.69) is 34.3 Å². The zero-order chi connectivity index (χ0) is 21.7. The average molecular weight is 442 g/mol. The van der Waals surface area contributed by atoms with E-state index in [9.17, 15) is 8.42 Å². The van der Waals surface area contributed by atoms with Gasteiger partial charge in [-0.1, -0.05) is 36.4 Å². The SMILES string of the molecule is Nc1ccccc1S(=O)(=O)NCC1CCC(CNCC2CCc3ccccc3C2)CC1. The Morgan fingerprint density at radius 3 is 2.13 bits per heavy atom. The predicted octanol–water partition coefficient (Wildman–Crippen LogP) is 3.75. The van der Waals surface area contributed by atoms with Gasteiger partial charge in [-0.05, 0) is 99.0 Å². The molecule has 0 spiro atoms. The van der Waals surface area contributed by atoms with Gasteiger partial charge in [0.1, 0.15) is 4.90 Å². The summed E-state index contributed by atoms with van der Waals surface area (Å²) < 4.78 is 27.8. The van der Waals surface area contributed by atoms with Crippen molar-refractivity contribution in [3.05, 3.63) is 59.7 Å². The Labute approximate surface area is 186 Å². The number of aryl methyl sites for hydroxylation is 1. The van der Waals surface area contributed by atoms with E-state index in [1.807, 2.05) is 0 Å². The lowest BCUT2D eigenvalue weighted by Gasteiger charge is -2.30. The molecule has 168 valence electrons. The van der Waals surface area contributed by atoms with Gasteiger partial charge in [0.05, 0.1) is 5.69 Å². The van der Waals surface area contributed by atoms with Crippen molar-refractivity contribution in [1.29, 1.82) is 0 Å². The van der Waals surface area contributed by atoms with Gasteiger partial charge in [0, 0.05) is 6.54 Å². The van der Waals surface area contributed by atoms with E-state index < -0.39 is 10.0 Å². The lowest BCUT2D eigenvalue weighted by molar-refractivity contribution is 0.263. The van der Waals surface area contributed by atoms with Crippen LogP contribution in [-0.4, -0.2) is 28.1 Å². The van der Waals surface area contributed by atoms with Crippen LogP contribution in [0.2, 0.25) is 0 Å². The van der Waals surface area contributed by atoms with Gasteiger partial charge in [-0.2, -0.15) is 0 Å². The van der Waals surface area contributed by atoms with Crippen molar-refractivity contribution in [3.63, 3.8) is 0 Å². The zero-order valence-electron chi connectivity index (χ0n) is 18.2. The number of nitrogens with one attached hydrogen (secondary N) is 2. The minimum Gasteiger partial charge on any atom is -0.398 e.